The van der Waals surface area contributed by atoms with Gasteiger partial charge in [-0.1, -0.05) is 6.07 Å². The van der Waals surface area contributed by atoms with Crippen LogP contribution in [-0.2, 0) is 16.0 Å². The molecule has 0 aliphatic heterocycles. The minimum atomic E-state index is -0.329. The maximum absolute atomic E-state index is 13.6. The molecule has 0 fully saturated rings. The average Bonchev–Trinajstić information content (AvgIpc) is 2.45. The second-order valence-electron chi connectivity index (χ2n) is 4.84. The van der Waals surface area contributed by atoms with E-state index in [1.165, 1.54) is 13.2 Å². The minimum Gasteiger partial charge on any atom is -0.494 e. The Hall–Kier alpha value is -1.17. The van der Waals surface area contributed by atoms with Gasteiger partial charge in [-0.25, -0.2) is 4.39 Å². The van der Waals surface area contributed by atoms with Gasteiger partial charge in [0, 0.05) is 32.7 Å². The molecule has 0 saturated heterocycles. The third-order valence-corrected chi connectivity index (χ3v) is 3.12. The molecule has 0 amide bonds. The van der Waals surface area contributed by atoms with Gasteiger partial charge in [0.2, 0.25) is 0 Å². The molecule has 0 saturated carbocycles. The molecule has 1 rings (SSSR count). The van der Waals surface area contributed by atoms with Gasteiger partial charge < -0.3 is 19.1 Å². The van der Waals surface area contributed by atoms with Crippen LogP contribution in [0.25, 0.3) is 0 Å². The molecule has 120 valence electrons. The zero-order chi connectivity index (χ0) is 15.7. The van der Waals surface area contributed by atoms with E-state index in [0.717, 1.165) is 18.5 Å². The predicted octanol–water partition coefficient (Wildman–Crippen LogP) is 3.06. The first-order valence-corrected chi connectivity index (χ1v) is 7.34. The first-order chi connectivity index (χ1) is 10.1. The Labute approximate surface area is 126 Å². The Bertz CT molecular complexity index is 409. The molecule has 0 aliphatic rings. The second kappa shape index (κ2) is 9.71. The topological polar surface area (TPSA) is 30.9 Å². The van der Waals surface area contributed by atoms with Gasteiger partial charge in [-0.2, -0.15) is 0 Å². The van der Waals surface area contributed by atoms with E-state index in [2.05, 4.69) is 4.90 Å². The average molecular weight is 299 g/mol. The van der Waals surface area contributed by atoms with Crippen LogP contribution < -0.4 is 4.74 Å². The summed E-state index contributed by atoms with van der Waals surface area (Å²) in [5.74, 6) is -0.0564. The van der Waals surface area contributed by atoms with Crippen molar-refractivity contribution in [2.24, 2.45) is 0 Å². The van der Waals surface area contributed by atoms with Crippen LogP contribution in [0.2, 0.25) is 0 Å². The third kappa shape index (κ3) is 6.42. The summed E-state index contributed by atoms with van der Waals surface area (Å²) in [5, 5.41) is 0. The van der Waals surface area contributed by atoms with Gasteiger partial charge in [-0.15, -0.1) is 0 Å². The van der Waals surface area contributed by atoms with Gasteiger partial charge in [0.05, 0.1) is 7.11 Å². The van der Waals surface area contributed by atoms with Crippen molar-refractivity contribution in [1.82, 2.24) is 4.90 Å². The van der Waals surface area contributed by atoms with E-state index in [9.17, 15) is 4.39 Å². The van der Waals surface area contributed by atoms with Gasteiger partial charge in [-0.05, 0) is 38.6 Å². The highest BCUT2D eigenvalue weighted by Gasteiger charge is 2.10. The van der Waals surface area contributed by atoms with Crippen LogP contribution >= 0.6 is 0 Å². The first-order valence-electron chi connectivity index (χ1n) is 7.34. The summed E-state index contributed by atoms with van der Waals surface area (Å²) >= 11 is 0. The standard InChI is InChI=1S/C16H26FNO3/c1-5-20-16(21-6-2)9-10-18(3)12-13-7-8-15(19-4)14(17)11-13/h7-8,11,16H,5-6,9-10,12H2,1-4H3. The number of ether oxygens (including phenoxy) is 3. The Kier molecular flexibility index (Phi) is 8.27. The predicted molar refractivity (Wildman–Crippen MR) is 80.9 cm³/mol. The van der Waals surface area contributed by atoms with Crippen molar-refractivity contribution >= 4 is 0 Å². The van der Waals surface area contributed by atoms with Crippen molar-refractivity contribution in [1.29, 1.82) is 0 Å². The van der Waals surface area contributed by atoms with Crippen LogP contribution in [0, 0.1) is 5.82 Å². The largest absolute Gasteiger partial charge is 0.494 e. The molecule has 0 aliphatic carbocycles. The fourth-order valence-corrected chi connectivity index (χ4v) is 2.11. The smallest absolute Gasteiger partial charge is 0.165 e. The van der Waals surface area contributed by atoms with Crippen LogP contribution in [0.15, 0.2) is 18.2 Å². The zero-order valence-electron chi connectivity index (χ0n) is 13.4. The summed E-state index contributed by atoms with van der Waals surface area (Å²) in [6, 6.07) is 5.04. The maximum atomic E-state index is 13.6. The molecule has 4 nitrogen and oxygen atoms in total. The SMILES string of the molecule is CCOC(CCN(C)Cc1ccc(OC)c(F)c1)OCC. The Morgan fingerprint density at radius 2 is 1.86 bits per heavy atom. The lowest BCUT2D eigenvalue weighted by atomic mass is 10.2. The molecule has 0 heterocycles. The molecule has 0 bridgehead atoms. The fourth-order valence-electron chi connectivity index (χ4n) is 2.11. The molecule has 1 aromatic rings. The minimum absolute atomic E-state index is 0.171. The molecule has 0 spiro atoms. The number of rotatable bonds is 10. The molecule has 0 N–H and O–H groups in total. The number of nitrogens with zero attached hydrogens (tertiary/aromatic N) is 1. The lowest BCUT2D eigenvalue weighted by Gasteiger charge is -2.21. The highest BCUT2D eigenvalue weighted by molar-refractivity contribution is 5.29. The highest BCUT2D eigenvalue weighted by Crippen LogP contribution is 2.18. The summed E-state index contributed by atoms with van der Waals surface area (Å²) in [7, 11) is 3.46. The molecule has 0 radical (unpaired) electrons. The first kappa shape index (κ1) is 17.9. The number of hydrogen-bond donors (Lipinski definition) is 0. The van der Waals surface area contributed by atoms with Crippen LogP contribution in [0.4, 0.5) is 4.39 Å². The Morgan fingerprint density at radius 3 is 2.38 bits per heavy atom. The summed E-state index contributed by atoms with van der Waals surface area (Å²) in [4.78, 5) is 2.12. The lowest BCUT2D eigenvalue weighted by molar-refractivity contribution is -0.141. The van der Waals surface area contributed by atoms with Crippen molar-refractivity contribution in [3.05, 3.63) is 29.6 Å². The molecule has 0 aromatic heterocycles. The van der Waals surface area contributed by atoms with Crippen LogP contribution in [0.3, 0.4) is 0 Å². The maximum Gasteiger partial charge on any atom is 0.165 e. The molecule has 0 unspecified atom stereocenters. The van der Waals surface area contributed by atoms with Gasteiger partial charge in [-0.3, -0.25) is 0 Å². The van der Waals surface area contributed by atoms with E-state index in [0.29, 0.717) is 19.8 Å². The summed E-state index contributed by atoms with van der Waals surface area (Å²) in [5.41, 5.74) is 0.917. The summed E-state index contributed by atoms with van der Waals surface area (Å²) in [6.07, 6.45) is 0.617. The summed E-state index contributed by atoms with van der Waals surface area (Å²) < 4.78 is 29.6. The molecular formula is C16H26FNO3. The third-order valence-electron chi connectivity index (χ3n) is 3.12. The van der Waals surface area contributed by atoms with E-state index >= 15 is 0 Å². The van der Waals surface area contributed by atoms with Gasteiger partial charge in [0.25, 0.3) is 0 Å². The summed E-state index contributed by atoms with van der Waals surface area (Å²) in [6.45, 7) is 6.67. The Morgan fingerprint density at radius 1 is 1.19 bits per heavy atom. The number of hydrogen-bond acceptors (Lipinski definition) is 4. The van der Waals surface area contributed by atoms with E-state index in [1.807, 2.05) is 27.0 Å². The van der Waals surface area contributed by atoms with Gasteiger partial charge >= 0.3 is 0 Å². The van der Waals surface area contributed by atoms with E-state index in [-0.39, 0.29) is 17.9 Å². The molecule has 1 aromatic carbocycles. The normalized spacial score (nSPS) is 11.4. The zero-order valence-corrected chi connectivity index (χ0v) is 13.4. The van der Waals surface area contributed by atoms with Crippen molar-refractivity contribution in [2.75, 3.05) is 33.9 Å². The van der Waals surface area contributed by atoms with Crippen LogP contribution in [0.5, 0.6) is 5.75 Å². The van der Waals surface area contributed by atoms with Gasteiger partial charge in [0.15, 0.2) is 17.9 Å². The fraction of sp³-hybridized carbons (Fsp3) is 0.625. The van der Waals surface area contributed by atoms with E-state index < -0.39 is 0 Å². The molecule has 0 atom stereocenters. The van der Waals surface area contributed by atoms with E-state index in [1.54, 1.807) is 6.07 Å². The quantitative estimate of drug-likeness (QED) is 0.621. The van der Waals surface area contributed by atoms with Crippen LogP contribution in [-0.4, -0.2) is 45.1 Å². The number of methoxy groups -OCH3 is 1. The second-order valence-corrected chi connectivity index (χ2v) is 4.84. The van der Waals surface area contributed by atoms with E-state index in [4.69, 9.17) is 14.2 Å². The van der Waals surface area contributed by atoms with Crippen molar-refractivity contribution < 1.29 is 18.6 Å². The number of benzene rings is 1. The van der Waals surface area contributed by atoms with Gasteiger partial charge in [0.1, 0.15) is 0 Å². The lowest BCUT2D eigenvalue weighted by Crippen LogP contribution is -2.26. The monoisotopic (exact) mass is 299 g/mol. The molecule has 21 heavy (non-hydrogen) atoms. The van der Waals surface area contributed by atoms with Crippen molar-refractivity contribution in [3.63, 3.8) is 0 Å². The molecule has 5 heteroatoms. The van der Waals surface area contributed by atoms with Crippen LogP contribution in [0.1, 0.15) is 25.8 Å². The molecular weight excluding hydrogens is 273 g/mol. The van der Waals surface area contributed by atoms with Crippen molar-refractivity contribution in [2.45, 2.75) is 33.1 Å². The highest BCUT2D eigenvalue weighted by atomic mass is 19.1. The Balaban J connectivity index is 2.45. The number of halogens is 1. The van der Waals surface area contributed by atoms with Crippen molar-refractivity contribution in [3.8, 4) is 5.75 Å².